The van der Waals surface area contributed by atoms with Gasteiger partial charge in [-0.15, -0.1) is 0 Å². The summed E-state index contributed by atoms with van der Waals surface area (Å²) in [6.07, 6.45) is 3.56. The van der Waals surface area contributed by atoms with Crippen molar-refractivity contribution in [1.82, 2.24) is 9.88 Å². The van der Waals surface area contributed by atoms with E-state index in [0.717, 1.165) is 6.42 Å². The zero-order valence-corrected chi connectivity index (χ0v) is 21.1. The molecule has 2 fully saturated rings. The summed E-state index contributed by atoms with van der Waals surface area (Å²) in [6, 6.07) is 12.5. The van der Waals surface area contributed by atoms with Gasteiger partial charge in [-0.3, -0.25) is 4.79 Å². The average molecular weight is 530 g/mol. The van der Waals surface area contributed by atoms with Crippen molar-refractivity contribution in [2.45, 2.75) is 62.9 Å². The highest BCUT2D eigenvalue weighted by molar-refractivity contribution is 6.33. The largest absolute Gasteiger partial charge is 0.479 e. The molecule has 37 heavy (non-hydrogen) atoms. The molecule has 8 nitrogen and oxygen atoms in total. The Kier molecular flexibility index (Phi) is 7.20. The van der Waals surface area contributed by atoms with Crippen molar-refractivity contribution in [3.63, 3.8) is 0 Å². The Morgan fingerprint density at radius 3 is 2.54 bits per heavy atom. The smallest absolute Gasteiger partial charge is 0.336 e. The van der Waals surface area contributed by atoms with Crippen LogP contribution >= 0.6 is 11.6 Å². The number of hydrogen-bond acceptors (Lipinski definition) is 7. The molecule has 2 N–H and O–H groups in total. The maximum Gasteiger partial charge on any atom is 0.336 e. The number of alkyl halides is 1. The highest BCUT2D eigenvalue weighted by Gasteiger charge is 2.55. The second kappa shape index (κ2) is 10.4. The minimum absolute atomic E-state index is 0.178. The zero-order chi connectivity index (χ0) is 26.0. The van der Waals surface area contributed by atoms with Crippen molar-refractivity contribution in [3.8, 4) is 0 Å². The fraction of sp³-hybridized carbons (Fsp3) is 0.444. The topological polar surface area (TPSA) is 105 Å². The van der Waals surface area contributed by atoms with Crippen molar-refractivity contribution in [3.05, 3.63) is 53.1 Å². The minimum Gasteiger partial charge on any atom is -0.479 e. The van der Waals surface area contributed by atoms with E-state index in [1.54, 1.807) is 24.3 Å². The third-order valence-corrected chi connectivity index (χ3v) is 7.48. The fourth-order valence-electron chi connectivity index (χ4n) is 5.15. The van der Waals surface area contributed by atoms with E-state index in [9.17, 15) is 14.7 Å². The number of carboxylic acid groups (broad SMARTS) is 1. The van der Waals surface area contributed by atoms with Gasteiger partial charge < -0.3 is 19.6 Å². The Labute approximate surface area is 218 Å². The lowest BCUT2D eigenvalue weighted by atomic mass is 9.84. The number of nitrogens with zero attached hydrogens (tertiary/aromatic N) is 2. The van der Waals surface area contributed by atoms with Gasteiger partial charge in [0.05, 0.1) is 10.7 Å². The molecule has 10 heteroatoms. The lowest BCUT2D eigenvalue weighted by Gasteiger charge is -2.42. The maximum atomic E-state index is 16.6. The number of ketones is 1. The summed E-state index contributed by atoms with van der Waals surface area (Å²) >= 11 is 6.47. The van der Waals surface area contributed by atoms with E-state index in [1.807, 2.05) is 18.2 Å². The van der Waals surface area contributed by atoms with Crippen LogP contribution in [0, 0.1) is 0 Å². The van der Waals surface area contributed by atoms with Crippen molar-refractivity contribution < 1.29 is 28.2 Å². The third kappa shape index (κ3) is 5.21. The van der Waals surface area contributed by atoms with Crippen LogP contribution in [0.4, 0.5) is 16.1 Å². The predicted molar refractivity (Wildman–Crippen MR) is 137 cm³/mol. The number of anilines is 2. The molecule has 0 radical (unpaired) electrons. The SMILES string of the molecule is O=C(O)C1(OC(F)(C(=O)Cc2ccc(Nc3nc4ccccc4o3)c(Cl)c2)N2CCCC2)CCCCC1. The second-order valence-electron chi connectivity index (χ2n) is 9.74. The number of Topliss-reactive ketones (excluding diaryl/α,β-unsaturated/α-hetero) is 1. The molecule has 1 atom stereocenters. The molecule has 2 heterocycles. The number of fused-ring (bicyclic) bond motifs is 1. The quantitative estimate of drug-likeness (QED) is 0.332. The highest BCUT2D eigenvalue weighted by atomic mass is 35.5. The second-order valence-corrected chi connectivity index (χ2v) is 10.2. The standard InChI is InChI=1S/C27H29ClFN3O5/c28-19-16-18(10-11-20(19)30-25-31-21-8-2-3-9-22(21)36-25)17-23(33)27(29,32-14-6-7-15-32)37-26(24(34)35)12-4-1-5-13-26/h2-3,8-11,16H,1,4-7,12-15,17H2,(H,30,31)(H,34,35). The molecule has 2 aromatic carbocycles. The molecule has 1 aliphatic heterocycles. The summed E-state index contributed by atoms with van der Waals surface area (Å²) in [4.78, 5) is 31.3. The Bertz CT molecular complexity index is 1270. The van der Waals surface area contributed by atoms with Crippen LogP contribution in [0.25, 0.3) is 11.1 Å². The molecule has 1 aliphatic carbocycles. The average Bonchev–Trinajstić information content (AvgIpc) is 3.56. The molecule has 3 aromatic rings. The van der Waals surface area contributed by atoms with E-state index in [4.69, 9.17) is 20.8 Å². The van der Waals surface area contributed by atoms with Crippen LogP contribution in [0.15, 0.2) is 46.9 Å². The molecule has 1 saturated carbocycles. The lowest BCUT2D eigenvalue weighted by Crippen LogP contribution is -2.60. The van der Waals surface area contributed by atoms with E-state index in [0.29, 0.717) is 66.1 Å². The molecule has 1 unspecified atom stereocenters. The number of ether oxygens (including phenoxy) is 1. The van der Waals surface area contributed by atoms with Gasteiger partial charge in [-0.2, -0.15) is 9.37 Å². The Morgan fingerprint density at radius 2 is 1.86 bits per heavy atom. The summed E-state index contributed by atoms with van der Waals surface area (Å²) in [5.41, 5.74) is 0.606. The number of carbonyl (C=O) groups is 2. The molecule has 0 spiro atoms. The van der Waals surface area contributed by atoms with Crippen LogP contribution in [0.1, 0.15) is 50.5 Å². The summed E-state index contributed by atoms with van der Waals surface area (Å²) < 4.78 is 28.0. The van der Waals surface area contributed by atoms with E-state index >= 15 is 4.39 Å². The molecular formula is C27H29ClFN3O5. The van der Waals surface area contributed by atoms with Gasteiger partial charge in [-0.05, 0) is 68.4 Å². The van der Waals surface area contributed by atoms with Crippen LogP contribution in [0.5, 0.6) is 0 Å². The Morgan fingerprint density at radius 1 is 1.14 bits per heavy atom. The van der Waals surface area contributed by atoms with Crippen molar-refractivity contribution >= 4 is 46.2 Å². The molecule has 196 valence electrons. The summed E-state index contributed by atoms with van der Waals surface area (Å²) in [5.74, 6) is -4.89. The molecule has 1 aromatic heterocycles. The first-order valence-electron chi connectivity index (χ1n) is 12.6. The number of benzene rings is 2. The highest BCUT2D eigenvalue weighted by Crippen LogP contribution is 2.39. The number of aromatic nitrogens is 1. The number of rotatable bonds is 9. The number of nitrogens with one attached hydrogen (secondary N) is 1. The van der Waals surface area contributed by atoms with Gasteiger partial charge in [-0.1, -0.05) is 36.2 Å². The minimum atomic E-state index is -2.83. The Hall–Kier alpha value is -3.01. The van der Waals surface area contributed by atoms with E-state index < -0.39 is 23.3 Å². The maximum absolute atomic E-state index is 16.6. The van der Waals surface area contributed by atoms with Crippen molar-refractivity contribution in [2.75, 3.05) is 18.4 Å². The fourth-order valence-corrected chi connectivity index (χ4v) is 5.40. The van der Waals surface area contributed by atoms with E-state index in [2.05, 4.69) is 10.3 Å². The number of likely N-dealkylation sites (tertiary alicyclic amines) is 1. The zero-order valence-electron chi connectivity index (χ0n) is 20.3. The summed E-state index contributed by atoms with van der Waals surface area (Å²) in [5, 5.41) is 13.3. The van der Waals surface area contributed by atoms with E-state index in [-0.39, 0.29) is 25.3 Å². The molecule has 5 rings (SSSR count). The van der Waals surface area contributed by atoms with Crippen molar-refractivity contribution in [2.24, 2.45) is 0 Å². The first-order chi connectivity index (χ1) is 17.8. The molecule has 0 amide bonds. The number of carbonyl (C=O) groups excluding carboxylic acids is 1. The van der Waals surface area contributed by atoms with Crippen LogP contribution in [0.2, 0.25) is 5.02 Å². The van der Waals surface area contributed by atoms with Gasteiger partial charge in [0.1, 0.15) is 5.52 Å². The summed E-state index contributed by atoms with van der Waals surface area (Å²) in [7, 11) is 0. The van der Waals surface area contributed by atoms with Gasteiger partial charge in [0.15, 0.2) is 11.2 Å². The van der Waals surface area contributed by atoms with Gasteiger partial charge in [0, 0.05) is 19.5 Å². The number of halogens is 2. The third-order valence-electron chi connectivity index (χ3n) is 7.17. The first-order valence-corrected chi connectivity index (χ1v) is 13.0. The predicted octanol–water partition coefficient (Wildman–Crippen LogP) is 5.86. The molecule has 2 aliphatic rings. The monoisotopic (exact) mass is 529 g/mol. The van der Waals surface area contributed by atoms with Crippen LogP contribution in [-0.2, 0) is 20.7 Å². The normalized spacial score (nSPS) is 19.5. The Balaban J connectivity index is 1.35. The number of para-hydroxylation sites is 2. The molecule has 1 saturated heterocycles. The number of hydrogen-bond donors (Lipinski definition) is 2. The van der Waals surface area contributed by atoms with E-state index in [1.165, 1.54) is 4.90 Å². The number of oxazole rings is 1. The molecule has 0 bridgehead atoms. The molecular weight excluding hydrogens is 501 g/mol. The van der Waals surface area contributed by atoms with Gasteiger partial charge in [0.2, 0.25) is 5.78 Å². The van der Waals surface area contributed by atoms with Crippen LogP contribution in [0.3, 0.4) is 0 Å². The number of carboxylic acids is 1. The van der Waals surface area contributed by atoms with Gasteiger partial charge >= 0.3 is 11.9 Å². The van der Waals surface area contributed by atoms with Gasteiger partial charge in [0.25, 0.3) is 6.01 Å². The summed E-state index contributed by atoms with van der Waals surface area (Å²) in [6.45, 7) is 0.651. The van der Waals surface area contributed by atoms with Crippen LogP contribution in [-0.4, -0.2) is 51.4 Å². The number of aliphatic carboxylic acids is 1. The van der Waals surface area contributed by atoms with Crippen molar-refractivity contribution in [1.29, 1.82) is 0 Å². The first kappa shape index (κ1) is 25.6. The lowest BCUT2D eigenvalue weighted by molar-refractivity contribution is -0.280. The van der Waals surface area contributed by atoms with Crippen LogP contribution < -0.4 is 5.32 Å². The van der Waals surface area contributed by atoms with Gasteiger partial charge in [-0.25, -0.2) is 9.69 Å².